The highest BCUT2D eigenvalue weighted by Crippen LogP contribution is 2.32. The molecule has 0 bridgehead atoms. The molecule has 2 aromatic carbocycles. The van der Waals surface area contributed by atoms with Crippen molar-refractivity contribution in [1.29, 1.82) is 0 Å². The fourth-order valence-electron chi connectivity index (χ4n) is 4.71. The third-order valence-corrected chi connectivity index (χ3v) is 6.84. The summed E-state index contributed by atoms with van der Waals surface area (Å²) in [6.45, 7) is 4.09. The van der Waals surface area contributed by atoms with E-state index in [0.717, 1.165) is 44.5 Å². The Morgan fingerprint density at radius 1 is 0.824 bits per heavy atom. The molecule has 1 aliphatic carbocycles. The number of likely N-dealkylation sites (tertiary alicyclic amines) is 1. The van der Waals surface area contributed by atoms with Crippen LogP contribution >= 0.6 is 0 Å². The zero-order valence-electron chi connectivity index (χ0n) is 19.1. The number of halogens is 1. The van der Waals surface area contributed by atoms with Gasteiger partial charge in [-0.15, -0.1) is 0 Å². The maximum Gasteiger partial charge on any atom is 0.256 e. The number of hydrogen-bond donors (Lipinski definition) is 1. The number of benzene rings is 2. The highest BCUT2D eigenvalue weighted by Gasteiger charge is 2.35. The number of carbonyl (C=O) groups is 3. The second kappa shape index (κ2) is 9.44. The van der Waals surface area contributed by atoms with Crippen LogP contribution in [0.25, 0.3) is 0 Å². The van der Waals surface area contributed by atoms with Gasteiger partial charge in [-0.05, 0) is 68.1 Å². The summed E-state index contributed by atoms with van der Waals surface area (Å²) in [6.07, 6.45) is 3.98. The molecule has 34 heavy (non-hydrogen) atoms. The molecular formula is C26H29FN4O3. The van der Waals surface area contributed by atoms with E-state index in [0.29, 0.717) is 43.0 Å². The molecule has 2 heterocycles. The first kappa shape index (κ1) is 22.4. The summed E-state index contributed by atoms with van der Waals surface area (Å²) in [6, 6.07) is 10.7. The molecule has 0 radical (unpaired) electrons. The van der Waals surface area contributed by atoms with Gasteiger partial charge in [-0.3, -0.25) is 14.4 Å². The molecule has 3 aliphatic rings. The topological polar surface area (TPSA) is 73.0 Å². The summed E-state index contributed by atoms with van der Waals surface area (Å²) in [7, 11) is 0. The molecule has 3 fully saturated rings. The molecule has 2 saturated heterocycles. The number of rotatable bonds is 5. The van der Waals surface area contributed by atoms with Crippen LogP contribution in [0.2, 0.25) is 0 Å². The molecule has 1 saturated carbocycles. The minimum absolute atomic E-state index is 0.0399. The van der Waals surface area contributed by atoms with E-state index in [4.69, 9.17) is 0 Å². The van der Waals surface area contributed by atoms with Gasteiger partial charge in [0.25, 0.3) is 11.8 Å². The standard InChI is InChI=1S/C26H29FN4O3/c27-20-7-5-18(6-8-20)24(32)28-21-9-10-23(22(17-21)26(34)30-11-1-2-12-30)29-13-15-31(16-14-29)25(33)19-3-4-19/h5-10,17,19H,1-4,11-16H2,(H,28,32). The fraction of sp³-hybridized carbons (Fsp3) is 0.423. The van der Waals surface area contributed by atoms with Gasteiger partial charge in [-0.1, -0.05) is 0 Å². The zero-order valence-corrected chi connectivity index (χ0v) is 19.1. The van der Waals surface area contributed by atoms with Crippen molar-refractivity contribution in [3.63, 3.8) is 0 Å². The van der Waals surface area contributed by atoms with Gasteiger partial charge >= 0.3 is 0 Å². The molecular weight excluding hydrogens is 435 g/mol. The maximum atomic E-state index is 13.4. The Labute approximate surface area is 198 Å². The third-order valence-electron chi connectivity index (χ3n) is 6.84. The van der Waals surface area contributed by atoms with Crippen LogP contribution in [0, 0.1) is 11.7 Å². The zero-order chi connectivity index (χ0) is 23.7. The number of carbonyl (C=O) groups excluding carboxylic acids is 3. The van der Waals surface area contributed by atoms with Gasteiger partial charge in [0.1, 0.15) is 5.82 Å². The number of anilines is 2. The quantitative estimate of drug-likeness (QED) is 0.737. The summed E-state index contributed by atoms with van der Waals surface area (Å²) in [5.41, 5.74) is 2.24. The van der Waals surface area contributed by atoms with Gasteiger partial charge in [0.2, 0.25) is 5.91 Å². The van der Waals surface area contributed by atoms with Crippen LogP contribution in [-0.2, 0) is 4.79 Å². The highest BCUT2D eigenvalue weighted by molar-refractivity contribution is 6.06. The van der Waals surface area contributed by atoms with Gasteiger partial charge < -0.3 is 20.0 Å². The Hall–Kier alpha value is -3.42. The van der Waals surface area contributed by atoms with Crippen molar-refractivity contribution in [1.82, 2.24) is 9.80 Å². The van der Waals surface area contributed by atoms with E-state index in [1.165, 1.54) is 24.3 Å². The van der Waals surface area contributed by atoms with Crippen molar-refractivity contribution in [2.24, 2.45) is 5.92 Å². The van der Waals surface area contributed by atoms with Gasteiger partial charge in [-0.2, -0.15) is 0 Å². The third kappa shape index (κ3) is 4.76. The summed E-state index contributed by atoms with van der Waals surface area (Å²) >= 11 is 0. The number of amides is 3. The van der Waals surface area contributed by atoms with Crippen LogP contribution in [0.1, 0.15) is 46.4 Å². The average molecular weight is 465 g/mol. The lowest BCUT2D eigenvalue weighted by Crippen LogP contribution is -2.49. The van der Waals surface area contributed by atoms with Gasteiger partial charge in [-0.25, -0.2) is 4.39 Å². The molecule has 7 nitrogen and oxygen atoms in total. The Balaban J connectivity index is 1.36. The van der Waals surface area contributed by atoms with Crippen molar-refractivity contribution in [3.8, 4) is 0 Å². The first-order valence-corrected chi connectivity index (χ1v) is 12.0. The lowest BCUT2D eigenvalue weighted by molar-refractivity contribution is -0.132. The van der Waals surface area contributed by atoms with Crippen LogP contribution < -0.4 is 10.2 Å². The first-order chi connectivity index (χ1) is 16.5. The molecule has 8 heteroatoms. The van der Waals surface area contributed by atoms with Gasteiger partial charge in [0.15, 0.2) is 0 Å². The van der Waals surface area contributed by atoms with E-state index in [2.05, 4.69) is 10.2 Å². The van der Waals surface area contributed by atoms with E-state index < -0.39 is 5.82 Å². The molecule has 0 aromatic heterocycles. The van der Waals surface area contributed by atoms with Gasteiger partial charge in [0, 0.05) is 62.1 Å². The van der Waals surface area contributed by atoms with E-state index in [1.807, 2.05) is 15.9 Å². The molecule has 2 aliphatic heterocycles. The Bertz CT molecular complexity index is 1090. The van der Waals surface area contributed by atoms with Crippen molar-refractivity contribution in [2.45, 2.75) is 25.7 Å². The number of hydrogen-bond acceptors (Lipinski definition) is 4. The molecule has 0 unspecified atom stereocenters. The molecule has 2 aromatic rings. The minimum atomic E-state index is -0.404. The molecule has 178 valence electrons. The smallest absolute Gasteiger partial charge is 0.256 e. The van der Waals surface area contributed by atoms with E-state index in [-0.39, 0.29) is 23.6 Å². The Morgan fingerprint density at radius 2 is 1.50 bits per heavy atom. The maximum absolute atomic E-state index is 13.4. The second-order valence-electron chi connectivity index (χ2n) is 9.28. The molecule has 1 N–H and O–H groups in total. The van der Waals surface area contributed by atoms with Crippen molar-refractivity contribution in [2.75, 3.05) is 49.5 Å². The average Bonchev–Trinajstić information content (AvgIpc) is 3.57. The van der Waals surface area contributed by atoms with Crippen molar-refractivity contribution < 1.29 is 18.8 Å². The van der Waals surface area contributed by atoms with Crippen LogP contribution in [0.5, 0.6) is 0 Å². The van der Waals surface area contributed by atoms with Crippen LogP contribution in [0.3, 0.4) is 0 Å². The van der Waals surface area contributed by atoms with Gasteiger partial charge in [0.05, 0.1) is 5.56 Å². The van der Waals surface area contributed by atoms with Crippen molar-refractivity contribution >= 4 is 29.1 Å². The summed E-state index contributed by atoms with van der Waals surface area (Å²) in [5.74, 6) is -0.338. The Kier molecular flexibility index (Phi) is 6.22. The molecule has 3 amide bonds. The SMILES string of the molecule is O=C(Nc1ccc(N2CCN(C(=O)C3CC3)CC2)c(C(=O)N2CCCC2)c1)c1ccc(F)cc1. The Morgan fingerprint density at radius 3 is 2.15 bits per heavy atom. The van der Waals surface area contributed by atoms with Crippen LogP contribution in [-0.4, -0.2) is 66.8 Å². The van der Waals surface area contributed by atoms with E-state index in [9.17, 15) is 18.8 Å². The highest BCUT2D eigenvalue weighted by atomic mass is 19.1. The van der Waals surface area contributed by atoms with Crippen molar-refractivity contribution in [3.05, 3.63) is 59.4 Å². The lowest BCUT2D eigenvalue weighted by Gasteiger charge is -2.37. The fourth-order valence-corrected chi connectivity index (χ4v) is 4.71. The van der Waals surface area contributed by atoms with E-state index >= 15 is 0 Å². The summed E-state index contributed by atoms with van der Waals surface area (Å²) in [4.78, 5) is 44.4. The predicted molar refractivity (Wildman–Crippen MR) is 127 cm³/mol. The largest absolute Gasteiger partial charge is 0.367 e. The lowest BCUT2D eigenvalue weighted by atomic mass is 10.1. The minimum Gasteiger partial charge on any atom is -0.367 e. The predicted octanol–water partition coefficient (Wildman–Crippen LogP) is 3.37. The first-order valence-electron chi connectivity index (χ1n) is 12.0. The second-order valence-corrected chi connectivity index (χ2v) is 9.28. The number of nitrogens with one attached hydrogen (secondary N) is 1. The molecule has 0 spiro atoms. The molecule has 0 atom stereocenters. The van der Waals surface area contributed by atoms with Crippen LogP contribution in [0.4, 0.5) is 15.8 Å². The van der Waals surface area contributed by atoms with Crippen LogP contribution in [0.15, 0.2) is 42.5 Å². The summed E-state index contributed by atoms with van der Waals surface area (Å²) < 4.78 is 13.2. The monoisotopic (exact) mass is 464 g/mol. The number of piperazine rings is 1. The molecule has 5 rings (SSSR count). The van der Waals surface area contributed by atoms with E-state index in [1.54, 1.807) is 12.1 Å². The summed E-state index contributed by atoms with van der Waals surface area (Å²) in [5, 5.41) is 2.83. The normalized spacial score (nSPS) is 18.2. The number of nitrogens with zero attached hydrogens (tertiary/aromatic N) is 3.